The van der Waals surface area contributed by atoms with Crippen LogP contribution in [0.15, 0.2) is 21.3 Å². The van der Waals surface area contributed by atoms with E-state index < -0.39 is 0 Å². The van der Waals surface area contributed by atoms with Crippen molar-refractivity contribution < 1.29 is 8.94 Å². The summed E-state index contributed by atoms with van der Waals surface area (Å²) in [5.74, 6) is 1.49. The van der Waals surface area contributed by atoms with Crippen LogP contribution in [0.4, 0.5) is 5.88 Å². The van der Waals surface area contributed by atoms with Gasteiger partial charge in [0.15, 0.2) is 0 Å². The van der Waals surface area contributed by atoms with Crippen molar-refractivity contribution in [2.75, 3.05) is 5.73 Å². The van der Waals surface area contributed by atoms with E-state index in [0.29, 0.717) is 5.88 Å². The lowest BCUT2D eigenvalue weighted by molar-refractivity contribution is 0.438. The Morgan fingerprint density at radius 3 is 2.67 bits per heavy atom. The average molecular weight is 206 g/mol. The maximum Gasteiger partial charge on any atom is 0.226 e. The highest BCUT2D eigenvalue weighted by Crippen LogP contribution is 2.34. The summed E-state index contributed by atoms with van der Waals surface area (Å²) in [6.07, 6.45) is 1.64. The number of nitrogen functional groups attached to an aromatic ring is 1. The third-order valence-electron chi connectivity index (χ3n) is 2.45. The normalized spacial score (nSPS) is 11.2. The third kappa shape index (κ3) is 1.52. The minimum atomic E-state index is 0.278. The molecule has 0 fully saturated rings. The Balaban J connectivity index is 2.59. The summed E-state index contributed by atoms with van der Waals surface area (Å²) in [6, 6.07) is 1.87. The first-order chi connectivity index (χ1) is 7.11. The molecule has 2 rings (SSSR count). The Hall–Kier alpha value is -1.71. The molecule has 0 spiro atoms. The van der Waals surface area contributed by atoms with E-state index in [0.717, 1.165) is 22.6 Å². The van der Waals surface area contributed by atoms with Crippen LogP contribution in [-0.2, 0) is 0 Å². The topological polar surface area (TPSA) is 65.2 Å². The van der Waals surface area contributed by atoms with E-state index in [2.05, 4.69) is 19.0 Å². The second-order valence-electron chi connectivity index (χ2n) is 3.85. The second kappa shape index (κ2) is 3.46. The maximum absolute atomic E-state index is 5.74. The SMILES string of the molecule is Cc1occc1-c1noc(N)c1C(C)C. The van der Waals surface area contributed by atoms with Gasteiger partial charge in [0, 0.05) is 11.1 Å². The number of hydrogen-bond donors (Lipinski definition) is 1. The molecule has 0 aliphatic heterocycles. The molecule has 2 N–H and O–H groups in total. The molecule has 0 saturated heterocycles. The van der Waals surface area contributed by atoms with Gasteiger partial charge in [-0.25, -0.2) is 0 Å². The number of furan rings is 1. The summed E-state index contributed by atoms with van der Waals surface area (Å²) < 4.78 is 10.3. The zero-order valence-corrected chi connectivity index (χ0v) is 9.07. The molecule has 4 heteroatoms. The number of aryl methyl sites for hydroxylation is 1. The molecule has 0 aliphatic rings. The first-order valence-electron chi connectivity index (χ1n) is 4.90. The highest BCUT2D eigenvalue weighted by molar-refractivity contribution is 5.69. The van der Waals surface area contributed by atoms with E-state index in [-0.39, 0.29) is 5.92 Å². The third-order valence-corrected chi connectivity index (χ3v) is 2.45. The van der Waals surface area contributed by atoms with Gasteiger partial charge in [-0.15, -0.1) is 0 Å². The van der Waals surface area contributed by atoms with Gasteiger partial charge in [-0.05, 0) is 18.9 Å². The number of rotatable bonds is 2. The minimum Gasteiger partial charge on any atom is -0.469 e. The molecule has 15 heavy (non-hydrogen) atoms. The van der Waals surface area contributed by atoms with Crippen molar-refractivity contribution in [1.82, 2.24) is 5.16 Å². The van der Waals surface area contributed by atoms with Gasteiger partial charge < -0.3 is 14.7 Å². The summed E-state index contributed by atoms with van der Waals surface area (Å²) in [7, 11) is 0. The van der Waals surface area contributed by atoms with E-state index in [1.54, 1.807) is 6.26 Å². The van der Waals surface area contributed by atoms with Crippen LogP contribution >= 0.6 is 0 Å². The summed E-state index contributed by atoms with van der Waals surface area (Å²) in [5, 5.41) is 3.98. The zero-order chi connectivity index (χ0) is 11.0. The van der Waals surface area contributed by atoms with Gasteiger partial charge in [0.2, 0.25) is 5.88 Å². The van der Waals surface area contributed by atoms with Crippen LogP contribution in [0.2, 0.25) is 0 Å². The predicted octanol–water partition coefficient (Wildman–Crippen LogP) is 2.95. The van der Waals surface area contributed by atoms with E-state index in [9.17, 15) is 0 Å². The summed E-state index contributed by atoms with van der Waals surface area (Å²) in [4.78, 5) is 0. The van der Waals surface area contributed by atoms with E-state index >= 15 is 0 Å². The van der Waals surface area contributed by atoms with Crippen molar-refractivity contribution in [3.05, 3.63) is 23.7 Å². The van der Waals surface area contributed by atoms with Gasteiger partial charge in [-0.3, -0.25) is 0 Å². The summed E-state index contributed by atoms with van der Waals surface area (Å²) in [5.41, 5.74) is 8.41. The molecule has 4 nitrogen and oxygen atoms in total. The van der Waals surface area contributed by atoms with Crippen LogP contribution in [0.3, 0.4) is 0 Å². The Morgan fingerprint density at radius 1 is 1.40 bits per heavy atom. The summed E-state index contributed by atoms with van der Waals surface area (Å²) in [6.45, 7) is 6.01. The average Bonchev–Trinajstić information content (AvgIpc) is 2.71. The number of anilines is 1. The Bertz CT molecular complexity index is 469. The monoisotopic (exact) mass is 206 g/mol. The number of hydrogen-bond acceptors (Lipinski definition) is 4. The van der Waals surface area contributed by atoms with Crippen LogP contribution < -0.4 is 5.73 Å². The maximum atomic E-state index is 5.74. The van der Waals surface area contributed by atoms with E-state index in [4.69, 9.17) is 14.7 Å². The van der Waals surface area contributed by atoms with Crippen molar-refractivity contribution in [3.63, 3.8) is 0 Å². The van der Waals surface area contributed by atoms with Crippen molar-refractivity contribution in [2.24, 2.45) is 0 Å². The Labute approximate surface area is 88.0 Å². The molecule has 0 aliphatic carbocycles. The molecule has 0 unspecified atom stereocenters. The predicted molar refractivity (Wildman–Crippen MR) is 57.4 cm³/mol. The highest BCUT2D eigenvalue weighted by atomic mass is 16.5. The second-order valence-corrected chi connectivity index (χ2v) is 3.85. The van der Waals surface area contributed by atoms with Gasteiger partial charge >= 0.3 is 0 Å². The lowest BCUT2D eigenvalue weighted by atomic mass is 9.99. The lowest BCUT2D eigenvalue weighted by Gasteiger charge is -2.03. The molecular weight excluding hydrogens is 192 g/mol. The standard InChI is InChI=1S/C11H14N2O2/c1-6(2)9-10(13-15-11(9)12)8-4-5-14-7(8)3/h4-6H,12H2,1-3H3. The van der Waals surface area contributed by atoms with Crippen LogP contribution in [0, 0.1) is 6.92 Å². The van der Waals surface area contributed by atoms with Gasteiger partial charge in [-0.1, -0.05) is 19.0 Å². The first kappa shape index (κ1) is 9.83. The fourth-order valence-corrected chi connectivity index (χ4v) is 1.69. The molecule has 0 aromatic carbocycles. The molecule has 2 aromatic rings. The quantitative estimate of drug-likeness (QED) is 0.820. The molecule has 0 saturated carbocycles. The number of nitrogens with zero attached hydrogens (tertiary/aromatic N) is 1. The summed E-state index contributed by atoms with van der Waals surface area (Å²) >= 11 is 0. The molecule has 0 bridgehead atoms. The van der Waals surface area contributed by atoms with Crippen LogP contribution in [-0.4, -0.2) is 5.16 Å². The van der Waals surface area contributed by atoms with Gasteiger partial charge in [0.05, 0.1) is 6.26 Å². The van der Waals surface area contributed by atoms with Crippen LogP contribution in [0.1, 0.15) is 31.1 Å². The largest absolute Gasteiger partial charge is 0.469 e. The van der Waals surface area contributed by atoms with E-state index in [1.807, 2.05) is 13.0 Å². The van der Waals surface area contributed by atoms with Crippen molar-refractivity contribution >= 4 is 5.88 Å². The number of aromatic nitrogens is 1. The molecular formula is C11H14N2O2. The van der Waals surface area contributed by atoms with Crippen LogP contribution in [0.25, 0.3) is 11.3 Å². The van der Waals surface area contributed by atoms with Crippen molar-refractivity contribution in [3.8, 4) is 11.3 Å². The fraction of sp³-hybridized carbons (Fsp3) is 0.364. The van der Waals surface area contributed by atoms with Gasteiger partial charge in [0.1, 0.15) is 11.5 Å². The molecule has 2 heterocycles. The van der Waals surface area contributed by atoms with Gasteiger partial charge in [0.25, 0.3) is 0 Å². The zero-order valence-electron chi connectivity index (χ0n) is 9.07. The molecule has 80 valence electrons. The Kier molecular flexibility index (Phi) is 2.26. The molecule has 0 radical (unpaired) electrons. The Morgan fingerprint density at radius 2 is 2.13 bits per heavy atom. The highest BCUT2D eigenvalue weighted by Gasteiger charge is 2.20. The molecule has 2 aromatic heterocycles. The molecule has 0 atom stereocenters. The smallest absolute Gasteiger partial charge is 0.226 e. The van der Waals surface area contributed by atoms with Crippen molar-refractivity contribution in [2.45, 2.75) is 26.7 Å². The molecule has 0 amide bonds. The number of nitrogens with two attached hydrogens (primary N) is 1. The van der Waals surface area contributed by atoms with Gasteiger partial charge in [-0.2, -0.15) is 0 Å². The van der Waals surface area contributed by atoms with Crippen LogP contribution in [0.5, 0.6) is 0 Å². The van der Waals surface area contributed by atoms with Crippen molar-refractivity contribution in [1.29, 1.82) is 0 Å². The lowest BCUT2D eigenvalue weighted by Crippen LogP contribution is -1.94. The minimum absolute atomic E-state index is 0.278. The fourth-order valence-electron chi connectivity index (χ4n) is 1.69. The first-order valence-corrected chi connectivity index (χ1v) is 4.90. The van der Waals surface area contributed by atoms with E-state index in [1.165, 1.54) is 0 Å².